The molecule has 2 aromatic rings. The molecular formula is C20H26N4O3S. The number of methoxy groups -OCH3 is 1. The van der Waals surface area contributed by atoms with E-state index in [4.69, 9.17) is 4.74 Å². The average molecular weight is 403 g/mol. The summed E-state index contributed by atoms with van der Waals surface area (Å²) in [6.45, 7) is 1.15. The fourth-order valence-electron chi connectivity index (χ4n) is 3.25. The number of aromatic nitrogens is 1. The van der Waals surface area contributed by atoms with Gasteiger partial charge in [-0.2, -0.15) is 0 Å². The Balaban J connectivity index is 1.56. The number of rotatable bonds is 5. The molecule has 3 rings (SSSR count). The van der Waals surface area contributed by atoms with Crippen LogP contribution in [0.4, 0.5) is 9.93 Å². The van der Waals surface area contributed by atoms with Crippen LogP contribution >= 0.6 is 11.3 Å². The molecule has 0 bridgehead atoms. The first-order valence-corrected chi connectivity index (χ1v) is 10.1. The van der Waals surface area contributed by atoms with Gasteiger partial charge in [0.2, 0.25) is 5.91 Å². The number of nitrogens with zero attached hydrogens (tertiary/aromatic N) is 3. The van der Waals surface area contributed by atoms with Crippen molar-refractivity contribution in [3.05, 3.63) is 40.9 Å². The van der Waals surface area contributed by atoms with Gasteiger partial charge in [0.05, 0.1) is 13.0 Å². The molecule has 3 amide bonds. The van der Waals surface area contributed by atoms with E-state index >= 15 is 0 Å². The lowest BCUT2D eigenvalue weighted by Gasteiger charge is -2.33. The number of ether oxygens (including phenoxy) is 1. The lowest BCUT2D eigenvalue weighted by molar-refractivity contribution is -0.121. The summed E-state index contributed by atoms with van der Waals surface area (Å²) in [6, 6.07) is 7.87. The molecule has 1 aliphatic rings. The summed E-state index contributed by atoms with van der Waals surface area (Å²) in [5.74, 6) is 0.559. The zero-order chi connectivity index (χ0) is 20.1. The van der Waals surface area contributed by atoms with Crippen molar-refractivity contribution in [2.24, 2.45) is 5.92 Å². The molecule has 28 heavy (non-hydrogen) atoms. The maximum Gasteiger partial charge on any atom is 0.319 e. The number of thiazole rings is 1. The minimum absolute atomic E-state index is 0.0477. The van der Waals surface area contributed by atoms with Gasteiger partial charge in [0.15, 0.2) is 5.13 Å². The summed E-state index contributed by atoms with van der Waals surface area (Å²) in [5, 5.41) is 3.52. The Labute approximate surface area is 169 Å². The number of hydrogen-bond acceptors (Lipinski definition) is 5. The van der Waals surface area contributed by atoms with Crippen LogP contribution in [0.5, 0.6) is 5.75 Å². The number of carbonyl (C=O) groups excluding carboxylic acids is 2. The number of piperidine rings is 1. The van der Waals surface area contributed by atoms with Crippen LogP contribution < -0.4 is 10.1 Å². The molecule has 1 aromatic carbocycles. The fraction of sp³-hybridized carbons (Fsp3) is 0.450. The number of benzene rings is 1. The van der Waals surface area contributed by atoms with E-state index in [0.29, 0.717) is 18.2 Å². The zero-order valence-electron chi connectivity index (χ0n) is 16.5. The predicted octanol–water partition coefficient (Wildman–Crippen LogP) is 3.07. The van der Waals surface area contributed by atoms with Crippen LogP contribution in [0.1, 0.15) is 23.3 Å². The third kappa shape index (κ3) is 5.01. The van der Waals surface area contributed by atoms with Gasteiger partial charge in [-0.1, -0.05) is 12.1 Å². The van der Waals surface area contributed by atoms with Gasteiger partial charge in [-0.15, -0.1) is 11.3 Å². The van der Waals surface area contributed by atoms with Crippen LogP contribution in [0.3, 0.4) is 0 Å². The number of anilines is 1. The largest absolute Gasteiger partial charge is 0.497 e. The Kier molecular flexibility index (Phi) is 6.51. The quantitative estimate of drug-likeness (QED) is 0.834. The molecular weight excluding hydrogens is 376 g/mol. The number of urea groups is 1. The molecule has 8 heteroatoms. The number of amides is 3. The molecule has 1 unspecified atom stereocenters. The highest BCUT2D eigenvalue weighted by molar-refractivity contribution is 7.15. The molecule has 0 radical (unpaired) electrons. The fourth-order valence-corrected chi connectivity index (χ4v) is 4.10. The molecule has 1 aromatic heterocycles. The summed E-state index contributed by atoms with van der Waals surface area (Å²) < 4.78 is 5.18. The van der Waals surface area contributed by atoms with Crippen molar-refractivity contribution in [1.82, 2.24) is 14.8 Å². The minimum Gasteiger partial charge on any atom is -0.497 e. The van der Waals surface area contributed by atoms with Crippen molar-refractivity contribution in [2.75, 3.05) is 39.6 Å². The molecule has 0 saturated carbocycles. The van der Waals surface area contributed by atoms with Crippen molar-refractivity contribution in [3.8, 4) is 5.75 Å². The lowest BCUT2D eigenvalue weighted by atomic mass is 9.97. The van der Waals surface area contributed by atoms with E-state index in [-0.39, 0.29) is 17.9 Å². The van der Waals surface area contributed by atoms with Crippen molar-refractivity contribution in [2.45, 2.75) is 19.3 Å². The van der Waals surface area contributed by atoms with Gasteiger partial charge >= 0.3 is 6.03 Å². The normalized spacial score (nSPS) is 16.5. The highest BCUT2D eigenvalue weighted by Crippen LogP contribution is 2.24. The van der Waals surface area contributed by atoms with E-state index in [1.54, 1.807) is 37.2 Å². The van der Waals surface area contributed by atoms with E-state index in [2.05, 4.69) is 10.3 Å². The van der Waals surface area contributed by atoms with E-state index in [9.17, 15) is 9.59 Å². The first-order valence-electron chi connectivity index (χ1n) is 9.31. The van der Waals surface area contributed by atoms with Gasteiger partial charge in [-0.3, -0.25) is 4.79 Å². The third-order valence-corrected chi connectivity index (χ3v) is 5.68. The molecule has 150 valence electrons. The van der Waals surface area contributed by atoms with Crippen LogP contribution in [0.2, 0.25) is 0 Å². The lowest BCUT2D eigenvalue weighted by Crippen LogP contribution is -2.47. The molecule has 1 N–H and O–H groups in total. The number of nitrogens with one attached hydrogen (secondary N) is 1. The number of carbonyl (C=O) groups is 2. The van der Waals surface area contributed by atoms with Crippen LogP contribution in [0, 0.1) is 5.92 Å². The Morgan fingerprint density at radius 1 is 1.32 bits per heavy atom. The Hall–Kier alpha value is -2.61. The summed E-state index contributed by atoms with van der Waals surface area (Å²) in [7, 11) is 5.10. The van der Waals surface area contributed by atoms with Gasteiger partial charge in [0.25, 0.3) is 0 Å². The van der Waals surface area contributed by atoms with E-state index in [1.165, 1.54) is 11.3 Å². The number of hydrogen-bond donors (Lipinski definition) is 1. The smallest absolute Gasteiger partial charge is 0.319 e. The first-order chi connectivity index (χ1) is 13.5. The SMILES string of the molecule is COc1ccc(Cc2cnc(NC(=O)C3CCCN(C(=O)N(C)C)C3)s2)cc1. The summed E-state index contributed by atoms with van der Waals surface area (Å²) in [6.07, 6.45) is 4.17. The van der Waals surface area contributed by atoms with Crippen LogP contribution in [0.15, 0.2) is 30.5 Å². The van der Waals surface area contributed by atoms with Crippen molar-refractivity contribution < 1.29 is 14.3 Å². The second-order valence-corrected chi connectivity index (χ2v) is 8.22. The summed E-state index contributed by atoms with van der Waals surface area (Å²) in [5.41, 5.74) is 1.16. The highest BCUT2D eigenvalue weighted by atomic mass is 32.1. The summed E-state index contributed by atoms with van der Waals surface area (Å²) in [4.78, 5) is 33.5. The second-order valence-electron chi connectivity index (χ2n) is 7.11. The molecule has 1 saturated heterocycles. The molecule has 1 fully saturated rings. The van der Waals surface area contributed by atoms with E-state index in [1.807, 2.05) is 24.3 Å². The van der Waals surface area contributed by atoms with Gasteiger partial charge < -0.3 is 19.9 Å². The zero-order valence-corrected chi connectivity index (χ0v) is 17.3. The average Bonchev–Trinajstić information content (AvgIpc) is 3.14. The van der Waals surface area contributed by atoms with Gasteiger partial charge in [0.1, 0.15) is 5.75 Å². The third-order valence-electron chi connectivity index (χ3n) is 4.77. The first kappa shape index (κ1) is 20.1. The van der Waals surface area contributed by atoms with Gasteiger partial charge in [-0.05, 0) is 30.5 Å². The van der Waals surface area contributed by atoms with Crippen LogP contribution in [0.25, 0.3) is 0 Å². The maximum absolute atomic E-state index is 12.6. The monoisotopic (exact) mass is 402 g/mol. The van der Waals surface area contributed by atoms with Crippen molar-refractivity contribution in [1.29, 1.82) is 0 Å². The molecule has 7 nitrogen and oxygen atoms in total. The minimum atomic E-state index is -0.202. The molecule has 1 atom stereocenters. The molecule has 0 spiro atoms. The summed E-state index contributed by atoms with van der Waals surface area (Å²) >= 11 is 1.48. The Morgan fingerprint density at radius 2 is 2.07 bits per heavy atom. The van der Waals surface area contributed by atoms with Gasteiger partial charge in [-0.25, -0.2) is 9.78 Å². The predicted molar refractivity (Wildman–Crippen MR) is 110 cm³/mol. The standard InChI is InChI=1S/C20H26N4O3S/c1-23(2)20(26)24-10-4-5-15(13-24)18(25)22-19-21-12-17(28-19)11-14-6-8-16(27-3)9-7-14/h6-9,12,15H,4-5,10-11,13H2,1-3H3,(H,21,22,25). The Bertz CT molecular complexity index is 819. The highest BCUT2D eigenvalue weighted by Gasteiger charge is 2.29. The van der Waals surface area contributed by atoms with Crippen molar-refractivity contribution in [3.63, 3.8) is 0 Å². The van der Waals surface area contributed by atoms with Gasteiger partial charge in [0, 0.05) is 44.7 Å². The van der Waals surface area contributed by atoms with E-state index < -0.39 is 0 Å². The maximum atomic E-state index is 12.6. The van der Waals surface area contributed by atoms with Crippen molar-refractivity contribution >= 4 is 28.4 Å². The topological polar surface area (TPSA) is 74.8 Å². The Morgan fingerprint density at radius 3 is 2.75 bits per heavy atom. The molecule has 0 aliphatic carbocycles. The van der Waals surface area contributed by atoms with E-state index in [0.717, 1.165) is 35.5 Å². The molecule has 1 aliphatic heterocycles. The number of likely N-dealkylation sites (tertiary alicyclic amines) is 1. The molecule has 2 heterocycles. The van der Waals surface area contributed by atoms with Crippen LogP contribution in [-0.4, -0.2) is 61.0 Å². The second kappa shape index (κ2) is 9.05. The van der Waals surface area contributed by atoms with Crippen LogP contribution in [-0.2, 0) is 11.2 Å².